The van der Waals surface area contributed by atoms with Crippen LogP contribution in [-0.4, -0.2) is 0 Å². The van der Waals surface area contributed by atoms with Gasteiger partial charge >= 0.3 is 6.11 Å². The van der Waals surface area contributed by atoms with Crippen molar-refractivity contribution in [3.63, 3.8) is 0 Å². The van der Waals surface area contributed by atoms with Gasteiger partial charge < -0.3 is 4.74 Å². The number of hydrogen-bond donors (Lipinski definition) is 0. The molecule has 0 aliphatic rings. The van der Waals surface area contributed by atoms with Crippen LogP contribution in [0.2, 0.25) is 5.02 Å². The molecule has 0 heterocycles. The molecule has 0 spiro atoms. The van der Waals surface area contributed by atoms with E-state index >= 15 is 13.2 Å². The Hall–Kier alpha value is -4.30. The molecule has 0 atom stereocenters. The first kappa shape index (κ1) is 32.1. The van der Waals surface area contributed by atoms with Crippen molar-refractivity contribution in [1.82, 2.24) is 0 Å². The third-order valence-electron chi connectivity index (χ3n) is 7.36. The molecule has 0 aromatic heterocycles. The molecule has 0 aliphatic heterocycles. The number of alkyl halides is 2. The van der Waals surface area contributed by atoms with Gasteiger partial charge in [0.25, 0.3) is 0 Å². The van der Waals surface area contributed by atoms with E-state index in [1.54, 1.807) is 6.07 Å². The van der Waals surface area contributed by atoms with Gasteiger partial charge in [-0.2, -0.15) is 8.78 Å². The average molecular weight is 643 g/mol. The summed E-state index contributed by atoms with van der Waals surface area (Å²) in [6.07, 6.45) is -0.188. The lowest BCUT2D eigenvalue weighted by molar-refractivity contribution is -0.189. The van der Waals surface area contributed by atoms with Crippen molar-refractivity contribution in [2.75, 3.05) is 0 Å². The minimum atomic E-state index is -4.47. The second-order valence-corrected chi connectivity index (χ2v) is 11.0. The quantitative estimate of drug-likeness (QED) is 0.109. The zero-order valence-electron chi connectivity index (χ0n) is 23.9. The third kappa shape index (κ3) is 7.17. The van der Waals surface area contributed by atoms with E-state index < -0.39 is 57.6 Å². The fraction of sp³-hybridized carbons (Fsp3) is 0.167. The molecule has 0 radical (unpaired) electrons. The summed E-state index contributed by atoms with van der Waals surface area (Å²) in [6, 6.07) is 19.0. The second kappa shape index (κ2) is 13.4. The van der Waals surface area contributed by atoms with Crippen LogP contribution in [-0.2, 0) is 12.5 Å². The molecule has 5 aromatic rings. The summed E-state index contributed by atoms with van der Waals surface area (Å²) in [5.74, 6) is -7.29. The Kier molecular flexibility index (Phi) is 9.53. The van der Waals surface area contributed by atoms with Crippen LogP contribution in [0.15, 0.2) is 91.0 Å². The number of aryl methyl sites for hydroxylation is 1. The highest BCUT2D eigenvalue weighted by atomic mass is 35.5. The highest BCUT2D eigenvalue weighted by Gasteiger charge is 2.41. The van der Waals surface area contributed by atoms with E-state index in [-0.39, 0.29) is 16.1 Å². The van der Waals surface area contributed by atoms with Crippen molar-refractivity contribution in [3.8, 4) is 39.1 Å². The second-order valence-electron chi connectivity index (χ2n) is 10.6. The number of hydrogen-bond acceptors (Lipinski definition) is 1. The van der Waals surface area contributed by atoms with E-state index in [1.807, 2.05) is 24.3 Å². The molecule has 0 saturated carbocycles. The predicted octanol–water partition coefficient (Wildman–Crippen LogP) is 11.9. The zero-order chi connectivity index (χ0) is 32.3. The van der Waals surface area contributed by atoms with Gasteiger partial charge in [-0.25, -0.2) is 22.0 Å². The summed E-state index contributed by atoms with van der Waals surface area (Å²) in [5.41, 5.74) is -1.05. The van der Waals surface area contributed by atoms with Crippen molar-refractivity contribution in [1.29, 1.82) is 0 Å². The van der Waals surface area contributed by atoms with Gasteiger partial charge in [0.15, 0.2) is 0 Å². The van der Waals surface area contributed by atoms with Crippen LogP contribution < -0.4 is 4.74 Å². The lowest BCUT2D eigenvalue weighted by Crippen LogP contribution is -2.25. The van der Waals surface area contributed by atoms with Gasteiger partial charge in [0.05, 0.1) is 5.56 Å². The van der Waals surface area contributed by atoms with Crippen LogP contribution in [0.1, 0.15) is 37.3 Å². The molecule has 45 heavy (non-hydrogen) atoms. The molecule has 0 bridgehead atoms. The Morgan fingerprint density at radius 2 is 1.16 bits per heavy atom. The van der Waals surface area contributed by atoms with Crippen molar-refractivity contribution >= 4 is 11.6 Å². The number of halogens is 8. The summed E-state index contributed by atoms with van der Waals surface area (Å²) < 4.78 is 109. The number of rotatable bonds is 10. The molecule has 5 rings (SSSR count). The zero-order valence-corrected chi connectivity index (χ0v) is 24.7. The minimum Gasteiger partial charge on any atom is -0.429 e. The largest absolute Gasteiger partial charge is 0.432 e. The first-order chi connectivity index (χ1) is 21.5. The van der Waals surface area contributed by atoms with Crippen LogP contribution in [0.3, 0.4) is 0 Å². The first-order valence-corrected chi connectivity index (χ1v) is 14.5. The van der Waals surface area contributed by atoms with E-state index in [9.17, 15) is 17.6 Å². The van der Waals surface area contributed by atoms with Crippen LogP contribution in [0.4, 0.5) is 30.7 Å². The van der Waals surface area contributed by atoms with Crippen molar-refractivity contribution < 1.29 is 35.5 Å². The molecular weight excluding hydrogens is 617 g/mol. The minimum absolute atomic E-state index is 0.106. The summed E-state index contributed by atoms with van der Waals surface area (Å²) in [6.45, 7) is 2.13. The summed E-state index contributed by atoms with van der Waals surface area (Å²) in [7, 11) is 0. The van der Waals surface area contributed by atoms with Crippen LogP contribution in [0.25, 0.3) is 33.4 Å². The summed E-state index contributed by atoms with van der Waals surface area (Å²) in [4.78, 5) is 0. The monoisotopic (exact) mass is 642 g/mol. The van der Waals surface area contributed by atoms with Crippen molar-refractivity contribution in [3.05, 3.63) is 136 Å². The van der Waals surface area contributed by atoms with Crippen LogP contribution in [0.5, 0.6) is 5.75 Å². The number of benzene rings is 5. The summed E-state index contributed by atoms with van der Waals surface area (Å²) >= 11 is 5.71. The Labute approximate surface area is 260 Å². The molecule has 0 unspecified atom stereocenters. The SMILES string of the molecule is CCCCCc1ccc(-c2ccc(-c3cc(F)c(-c4cc(F)c(C(F)(F)Oc5ccc(Cl)cc5)c(F)c4)c(F)c3)c(F)c2)cc1. The fourth-order valence-corrected chi connectivity index (χ4v) is 5.20. The molecule has 232 valence electrons. The summed E-state index contributed by atoms with van der Waals surface area (Å²) in [5, 5.41) is 0.223. The first-order valence-electron chi connectivity index (χ1n) is 14.2. The average Bonchev–Trinajstić information content (AvgIpc) is 2.98. The highest BCUT2D eigenvalue weighted by Crippen LogP contribution is 2.39. The number of ether oxygens (including phenoxy) is 1. The molecule has 0 saturated heterocycles. The molecule has 9 heteroatoms. The van der Waals surface area contributed by atoms with Crippen molar-refractivity contribution in [2.45, 2.75) is 38.7 Å². The molecule has 1 nitrogen and oxygen atoms in total. The molecule has 5 aromatic carbocycles. The molecule has 0 aliphatic carbocycles. The van der Waals surface area contributed by atoms with Gasteiger partial charge in [0.2, 0.25) is 0 Å². The van der Waals surface area contributed by atoms with E-state index in [0.717, 1.165) is 55.5 Å². The van der Waals surface area contributed by atoms with Gasteiger partial charge in [-0.15, -0.1) is 0 Å². The van der Waals surface area contributed by atoms with E-state index in [2.05, 4.69) is 11.7 Å². The van der Waals surface area contributed by atoms with Gasteiger partial charge in [-0.05, 0) is 95.3 Å². The molecule has 0 amide bonds. The maximum Gasteiger partial charge on any atom is 0.432 e. The Bertz CT molecular complexity index is 1770. The molecule has 0 N–H and O–H groups in total. The maximum absolute atomic E-state index is 15.2. The smallest absolute Gasteiger partial charge is 0.429 e. The molecule has 0 fully saturated rings. The topological polar surface area (TPSA) is 9.23 Å². The van der Waals surface area contributed by atoms with E-state index in [4.69, 9.17) is 11.6 Å². The number of unbranched alkanes of at least 4 members (excludes halogenated alkanes) is 2. The fourth-order valence-electron chi connectivity index (χ4n) is 5.07. The van der Waals surface area contributed by atoms with E-state index in [1.165, 1.54) is 29.8 Å². The van der Waals surface area contributed by atoms with Gasteiger partial charge in [-0.3, -0.25) is 0 Å². The normalized spacial score (nSPS) is 11.6. The van der Waals surface area contributed by atoms with Gasteiger partial charge in [-0.1, -0.05) is 67.8 Å². The predicted molar refractivity (Wildman–Crippen MR) is 162 cm³/mol. The lowest BCUT2D eigenvalue weighted by atomic mass is 9.95. The Balaban J connectivity index is 1.40. The van der Waals surface area contributed by atoms with Gasteiger partial charge in [0, 0.05) is 10.6 Å². The maximum atomic E-state index is 15.2. The Morgan fingerprint density at radius 1 is 0.600 bits per heavy atom. The Morgan fingerprint density at radius 3 is 1.73 bits per heavy atom. The molecular formula is C36H26ClF7O. The van der Waals surface area contributed by atoms with Crippen LogP contribution in [0, 0.1) is 29.1 Å². The van der Waals surface area contributed by atoms with E-state index in [0.29, 0.717) is 17.7 Å². The van der Waals surface area contributed by atoms with Crippen LogP contribution >= 0.6 is 11.6 Å². The standard InChI is InChI=1S/C36H26ClF7O/c1-2-3-4-5-21-6-8-22(9-7-21)23-10-15-28(29(38)16-23)24-17-30(39)34(31(40)18-24)25-19-32(41)35(33(42)20-25)36(43,44)45-27-13-11-26(37)12-14-27/h6-20H,2-5H2,1H3. The highest BCUT2D eigenvalue weighted by molar-refractivity contribution is 6.30. The lowest BCUT2D eigenvalue weighted by Gasteiger charge is -2.20. The van der Waals surface area contributed by atoms with Crippen molar-refractivity contribution in [2.24, 2.45) is 0 Å². The third-order valence-corrected chi connectivity index (χ3v) is 7.61. The van der Waals surface area contributed by atoms with Gasteiger partial charge in [0.1, 0.15) is 40.4 Å².